The van der Waals surface area contributed by atoms with E-state index in [0.717, 1.165) is 37.9 Å². The van der Waals surface area contributed by atoms with Crippen molar-refractivity contribution in [2.75, 3.05) is 23.3 Å². The lowest BCUT2D eigenvalue weighted by Crippen LogP contribution is -2.34. The molecule has 0 saturated carbocycles. The van der Waals surface area contributed by atoms with Gasteiger partial charge in [0.1, 0.15) is 11.4 Å². The average Bonchev–Trinajstić information content (AvgIpc) is 2.71. The molecule has 0 unspecified atom stereocenters. The van der Waals surface area contributed by atoms with Crippen LogP contribution in [0.15, 0.2) is 30.3 Å². The molecule has 3 rings (SSSR count). The van der Waals surface area contributed by atoms with E-state index in [1.54, 1.807) is 25.1 Å². The predicted octanol–water partition coefficient (Wildman–Crippen LogP) is 4.03. The number of carbonyl (C=O) groups excluding carboxylic acids is 1. The van der Waals surface area contributed by atoms with E-state index in [-0.39, 0.29) is 22.1 Å². The zero-order chi connectivity index (χ0) is 21.8. The Hall–Kier alpha value is -3.20. The second-order valence-corrected chi connectivity index (χ2v) is 7.80. The van der Waals surface area contributed by atoms with Crippen molar-refractivity contribution >= 4 is 40.3 Å². The number of piperidine rings is 1. The number of aromatic hydroxyl groups is 1. The number of carbonyl (C=O) groups is 1. The first-order valence-electron chi connectivity index (χ1n) is 9.72. The Balaban J connectivity index is 1.75. The standard InChI is InChI=1S/C21H24N4O4S/c1-13-10-14(2)19(26)16(11-13)22-21(30)23-20(27)15-6-7-17(18(12-15)25(28)29)24-8-4-3-5-9-24/h6-7,10-12,26H,3-5,8-9H2,1-2H3,(H2,22,23,27,30). The molecule has 0 atom stereocenters. The van der Waals surface area contributed by atoms with Crippen molar-refractivity contribution in [1.29, 1.82) is 0 Å². The Labute approximate surface area is 180 Å². The minimum Gasteiger partial charge on any atom is -0.505 e. The van der Waals surface area contributed by atoms with Gasteiger partial charge in [-0.3, -0.25) is 20.2 Å². The number of hydrogen-bond donors (Lipinski definition) is 3. The minimum absolute atomic E-state index is 0.0111. The third-order valence-electron chi connectivity index (χ3n) is 5.05. The van der Waals surface area contributed by atoms with Crippen LogP contribution in [0.4, 0.5) is 17.1 Å². The van der Waals surface area contributed by atoms with Crippen LogP contribution in [0.3, 0.4) is 0 Å². The molecular weight excluding hydrogens is 404 g/mol. The Morgan fingerprint density at radius 1 is 1.17 bits per heavy atom. The summed E-state index contributed by atoms with van der Waals surface area (Å²) in [5.74, 6) is -0.525. The summed E-state index contributed by atoms with van der Waals surface area (Å²) in [5.41, 5.74) is 2.54. The number of rotatable bonds is 4. The maximum Gasteiger partial charge on any atom is 0.293 e. The van der Waals surface area contributed by atoms with Crippen LogP contribution in [0.25, 0.3) is 0 Å². The van der Waals surface area contributed by atoms with Gasteiger partial charge in [-0.15, -0.1) is 0 Å². The molecule has 3 N–H and O–H groups in total. The fourth-order valence-electron chi connectivity index (χ4n) is 3.60. The Kier molecular flexibility index (Phi) is 6.51. The summed E-state index contributed by atoms with van der Waals surface area (Å²) in [7, 11) is 0. The molecule has 8 nitrogen and oxygen atoms in total. The molecule has 0 aromatic heterocycles. The molecule has 1 heterocycles. The van der Waals surface area contributed by atoms with Gasteiger partial charge in [0.15, 0.2) is 5.11 Å². The summed E-state index contributed by atoms with van der Waals surface area (Å²) in [6.07, 6.45) is 3.10. The Morgan fingerprint density at radius 3 is 2.53 bits per heavy atom. The van der Waals surface area contributed by atoms with Crippen LogP contribution >= 0.6 is 12.2 Å². The van der Waals surface area contributed by atoms with Gasteiger partial charge in [0.25, 0.3) is 11.6 Å². The summed E-state index contributed by atoms with van der Waals surface area (Å²) in [6.45, 7) is 5.17. The SMILES string of the molecule is Cc1cc(C)c(O)c(NC(=S)NC(=O)c2ccc(N3CCCCC3)c([N+](=O)[O-])c2)c1. The number of nitrogens with zero attached hydrogens (tertiary/aromatic N) is 2. The molecular formula is C21H24N4O4S. The molecule has 1 aliphatic heterocycles. The van der Waals surface area contributed by atoms with Crippen molar-refractivity contribution in [2.45, 2.75) is 33.1 Å². The van der Waals surface area contributed by atoms with Crippen LogP contribution in [0.2, 0.25) is 0 Å². The normalized spacial score (nSPS) is 13.6. The third-order valence-corrected chi connectivity index (χ3v) is 5.26. The zero-order valence-corrected chi connectivity index (χ0v) is 17.7. The van der Waals surface area contributed by atoms with Crippen LogP contribution in [-0.4, -0.2) is 34.1 Å². The molecule has 0 bridgehead atoms. The number of aryl methyl sites for hydroxylation is 2. The highest BCUT2D eigenvalue weighted by Gasteiger charge is 2.23. The molecule has 158 valence electrons. The third kappa shape index (κ3) is 4.85. The lowest BCUT2D eigenvalue weighted by molar-refractivity contribution is -0.384. The molecule has 1 amide bonds. The number of nitrogens with one attached hydrogen (secondary N) is 2. The van der Waals surface area contributed by atoms with Crippen LogP contribution in [-0.2, 0) is 0 Å². The number of hydrogen-bond acceptors (Lipinski definition) is 6. The van der Waals surface area contributed by atoms with E-state index in [9.17, 15) is 20.0 Å². The van der Waals surface area contributed by atoms with Crippen molar-refractivity contribution in [1.82, 2.24) is 5.32 Å². The maximum absolute atomic E-state index is 12.6. The molecule has 0 radical (unpaired) electrons. The fraction of sp³-hybridized carbons (Fsp3) is 0.333. The highest BCUT2D eigenvalue weighted by molar-refractivity contribution is 7.80. The Morgan fingerprint density at radius 2 is 1.87 bits per heavy atom. The number of nitro groups is 1. The molecule has 9 heteroatoms. The van der Waals surface area contributed by atoms with Crippen molar-refractivity contribution < 1.29 is 14.8 Å². The average molecular weight is 429 g/mol. The van der Waals surface area contributed by atoms with E-state index >= 15 is 0 Å². The molecule has 1 aliphatic rings. The lowest BCUT2D eigenvalue weighted by atomic mass is 10.1. The number of nitro benzene ring substituents is 1. The van der Waals surface area contributed by atoms with Gasteiger partial charge in [-0.25, -0.2) is 0 Å². The van der Waals surface area contributed by atoms with Gasteiger partial charge in [-0.2, -0.15) is 0 Å². The first-order valence-corrected chi connectivity index (χ1v) is 10.1. The maximum atomic E-state index is 12.6. The first-order chi connectivity index (χ1) is 14.3. The van der Waals surface area contributed by atoms with Gasteiger partial charge >= 0.3 is 0 Å². The molecule has 2 aromatic carbocycles. The molecule has 0 aliphatic carbocycles. The van der Waals surface area contributed by atoms with E-state index in [1.165, 1.54) is 6.07 Å². The number of benzene rings is 2. The number of phenols is 1. The van der Waals surface area contributed by atoms with E-state index in [4.69, 9.17) is 12.2 Å². The van der Waals surface area contributed by atoms with Crippen molar-refractivity contribution in [2.24, 2.45) is 0 Å². The number of thiocarbonyl (C=S) groups is 1. The molecule has 0 spiro atoms. The molecule has 1 fully saturated rings. The van der Waals surface area contributed by atoms with Crippen LogP contribution in [0.5, 0.6) is 5.75 Å². The minimum atomic E-state index is -0.565. The van der Waals surface area contributed by atoms with Crippen molar-refractivity contribution in [3.63, 3.8) is 0 Å². The highest BCUT2D eigenvalue weighted by Crippen LogP contribution is 2.31. The molecule has 30 heavy (non-hydrogen) atoms. The summed E-state index contributed by atoms with van der Waals surface area (Å²) < 4.78 is 0. The van der Waals surface area contributed by atoms with E-state index in [0.29, 0.717) is 16.9 Å². The van der Waals surface area contributed by atoms with Crippen LogP contribution in [0.1, 0.15) is 40.7 Å². The van der Waals surface area contributed by atoms with Gasteiger partial charge in [0.2, 0.25) is 0 Å². The topological polar surface area (TPSA) is 108 Å². The first kappa shape index (κ1) is 21.5. The summed E-state index contributed by atoms with van der Waals surface area (Å²) in [6, 6.07) is 7.98. The predicted molar refractivity (Wildman–Crippen MR) is 120 cm³/mol. The number of phenolic OH excluding ortho intramolecular Hbond substituents is 1. The van der Waals surface area contributed by atoms with Crippen molar-refractivity contribution in [3.05, 3.63) is 57.1 Å². The quantitative estimate of drug-likeness (QED) is 0.292. The van der Waals surface area contributed by atoms with Gasteiger partial charge in [-0.05, 0) is 74.7 Å². The van der Waals surface area contributed by atoms with Crippen LogP contribution in [0, 0.1) is 24.0 Å². The molecule has 2 aromatic rings. The van der Waals surface area contributed by atoms with Crippen LogP contribution < -0.4 is 15.5 Å². The van der Waals surface area contributed by atoms with Gasteiger partial charge in [0.05, 0.1) is 10.6 Å². The molecule has 1 saturated heterocycles. The second-order valence-electron chi connectivity index (χ2n) is 7.39. The van der Waals surface area contributed by atoms with Gasteiger partial charge < -0.3 is 15.3 Å². The summed E-state index contributed by atoms with van der Waals surface area (Å²) >= 11 is 5.17. The largest absolute Gasteiger partial charge is 0.505 e. The number of anilines is 2. The van der Waals surface area contributed by atoms with E-state index in [2.05, 4.69) is 10.6 Å². The van der Waals surface area contributed by atoms with E-state index in [1.807, 2.05) is 17.9 Å². The van der Waals surface area contributed by atoms with E-state index < -0.39 is 10.8 Å². The summed E-state index contributed by atoms with van der Waals surface area (Å²) in [5, 5.41) is 27.0. The Bertz CT molecular complexity index is 1000. The van der Waals surface area contributed by atoms with Crippen molar-refractivity contribution in [3.8, 4) is 5.75 Å². The number of amides is 1. The zero-order valence-electron chi connectivity index (χ0n) is 16.9. The smallest absolute Gasteiger partial charge is 0.293 e. The fourth-order valence-corrected chi connectivity index (χ4v) is 3.80. The van der Waals surface area contributed by atoms with Gasteiger partial charge in [-0.1, -0.05) is 6.07 Å². The highest BCUT2D eigenvalue weighted by atomic mass is 32.1. The lowest BCUT2D eigenvalue weighted by Gasteiger charge is -2.28. The second kappa shape index (κ2) is 9.08. The van der Waals surface area contributed by atoms with Gasteiger partial charge in [0, 0.05) is 24.7 Å². The monoisotopic (exact) mass is 428 g/mol. The summed E-state index contributed by atoms with van der Waals surface area (Å²) in [4.78, 5) is 25.7.